The Hall–Kier alpha value is -2.77. The summed E-state index contributed by atoms with van der Waals surface area (Å²) in [5.41, 5.74) is 1.97. The fourth-order valence-corrected chi connectivity index (χ4v) is 2.92. The first-order valence-corrected chi connectivity index (χ1v) is 8.45. The van der Waals surface area contributed by atoms with Gasteiger partial charge in [-0.25, -0.2) is 0 Å². The lowest BCUT2D eigenvalue weighted by atomic mass is 10.1. The molecule has 8 heteroatoms. The molecule has 3 amide bonds. The zero-order valence-corrected chi connectivity index (χ0v) is 15.3. The SMILES string of the molecule is CN1C(=O)c2ccc(NC(=S)NC(=O)Cc3ccc(Cl)cc3)cc2C1=O. The van der Waals surface area contributed by atoms with Gasteiger partial charge in [-0.05, 0) is 48.1 Å². The van der Waals surface area contributed by atoms with Gasteiger partial charge in [0.2, 0.25) is 5.91 Å². The summed E-state index contributed by atoms with van der Waals surface area (Å²) in [6.07, 6.45) is 0.154. The molecular weight excluding hydrogens is 374 g/mol. The maximum atomic E-state index is 12.0. The molecule has 0 saturated carbocycles. The summed E-state index contributed by atoms with van der Waals surface area (Å²) in [6.45, 7) is 0. The van der Waals surface area contributed by atoms with E-state index in [1.54, 1.807) is 36.4 Å². The monoisotopic (exact) mass is 387 g/mol. The van der Waals surface area contributed by atoms with Crippen LogP contribution in [0.25, 0.3) is 0 Å². The van der Waals surface area contributed by atoms with Gasteiger partial charge in [-0.15, -0.1) is 0 Å². The Morgan fingerprint density at radius 2 is 1.73 bits per heavy atom. The minimum absolute atomic E-state index is 0.106. The topological polar surface area (TPSA) is 78.5 Å². The van der Waals surface area contributed by atoms with Crippen molar-refractivity contribution in [3.63, 3.8) is 0 Å². The normalized spacial score (nSPS) is 12.8. The number of halogens is 1. The molecule has 0 aromatic heterocycles. The van der Waals surface area contributed by atoms with Crippen LogP contribution in [0.1, 0.15) is 26.3 Å². The van der Waals surface area contributed by atoms with Gasteiger partial charge in [0.25, 0.3) is 11.8 Å². The third-order valence-electron chi connectivity index (χ3n) is 3.88. The molecule has 1 heterocycles. The second-order valence-corrected chi connectivity index (χ2v) is 6.58. The van der Waals surface area contributed by atoms with E-state index in [0.29, 0.717) is 21.8 Å². The summed E-state index contributed by atoms with van der Waals surface area (Å²) in [6, 6.07) is 11.7. The van der Waals surface area contributed by atoms with E-state index in [9.17, 15) is 14.4 Å². The number of carbonyl (C=O) groups excluding carboxylic acids is 3. The predicted octanol–water partition coefficient (Wildman–Crippen LogP) is 2.62. The van der Waals surface area contributed by atoms with Crippen LogP contribution in [0.15, 0.2) is 42.5 Å². The van der Waals surface area contributed by atoms with Crippen molar-refractivity contribution in [2.75, 3.05) is 12.4 Å². The number of anilines is 1. The van der Waals surface area contributed by atoms with Crippen molar-refractivity contribution in [1.29, 1.82) is 0 Å². The molecule has 0 fully saturated rings. The van der Waals surface area contributed by atoms with Crippen molar-refractivity contribution >= 4 is 52.3 Å². The number of nitrogens with zero attached hydrogens (tertiary/aromatic N) is 1. The minimum atomic E-state index is -0.369. The van der Waals surface area contributed by atoms with Gasteiger partial charge in [-0.1, -0.05) is 23.7 Å². The van der Waals surface area contributed by atoms with Crippen molar-refractivity contribution < 1.29 is 14.4 Å². The van der Waals surface area contributed by atoms with E-state index < -0.39 is 0 Å². The largest absolute Gasteiger partial charge is 0.332 e. The van der Waals surface area contributed by atoms with Crippen LogP contribution in [-0.2, 0) is 11.2 Å². The summed E-state index contributed by atoms with van der Waals surface area (Å²) >= 11 is 10.9. The smallest absolute Gasteiger partial charge is 0.261 e. The van der Waals surface area contributed by atoms with Crippen LogP contribution in [-0.4, -0.2) is 34.8 Å². The van der Waals surface area contributed by atoms with Gasteiger partial charge in [0.1, 0.15) is 0 Å². The van der Waals surface area contributed by atoms with E-state index >= 15 is 0 Å². The number of carbonyl (C=O) groups is 3. The van der Waals surface area contributed by atoms with Crippen molar-refractivity contribution in [1.82, 2.24) is 10.2 Å². The second-order valence-electron chi connectivity index (χ2n) is 5.74. The predicted molar refractivity (Wildman–Crippen MR) is 102 cm³/mol. The summed E-state index contributed by atoms with van der Waals surface area (Å²) in [4.78, 5) is 37.0. The van der Waals surface area contributed by atoms with Crippen LogP contribution in [0.5, 0.6) is 0 Å². The maximum absolute atomic E-state index is 12.0. The molecule has 1 aliphatic rings. The highest BCUT2D eigenvalue weighted by atomic mass is 35.5. The van der Waals surface area contributed by atoms with Gasteiger partial charge in [-0.3, -0.25) is 19.3 Å². The fourth-order valence-electron chi connectivity index (χ4n) is 2.56. The highest BCUT2D eigenvalue weighted by Gasteiger charge is 2.32. The highest BCUT2D eigenvalue weighted by Crippen LogP contribution is 2.24. The summed E-state index contributed by atoms with van der Waals surface area (Å²) < 4.78 is 0. The number of thiocarbonyl (C=S) groups is 1. The van der Waals surface area contributed by atoms with Gasteiger partial charge in [0.05, 0.1) is 17.5 Å². The Labute approximate surface area is 160 Å². The standard InChI is InChI=1S/C18H14ClN3O3S/c1-22-16(24)13-7-6-12(9-14(13)17(22)25)20-18(26)21-15(23)8-10-2-4-11(19)5-3-10/h2-7,9H,8H2,1H3,(H2,20,21,23,26). The zero-order valence-electron chi connectivity index (χ0n) is 13.7. The van der Waals surface area contributed by atoms with E-state index in [-0.39, 0.29) is 29.3 Å². The van der Waals surface area contributed by atoms with Crippen LogP contribution >= 0.6 is 23.8 Å². The highest BCUT2D eigenvalue weighted by molar-refractivity contribution is 7.80. The molecule has 0 atom stereocenters. The fraction of sp³-hybridized carbons (Fsp3) is 0.111. The van der Waals surface area contributed by atoms with Gasteiger partial charge < -0.3 is 10.6 Å². The van der Waals surface area contributed by atoms with Crippen LogP contribution < -0.4 is 10.6 Å². The molecule has 0 bridgehead atoms. The number of benzene rings is 2. The molecule has 132 valence electrons. The van der Waals surface area contributed by atoms with Gasteiger partial charge in [-0.2, -0.15) is 0 Å². The molecular formula is C18H14ClN3O3S. The Bertz CT molecular complexity index is 928. The first kappa shape index (κ1) is 18.0. The lowest BCUT2D eigenvalue weighted by Gasteiger charge is -2.10. The van der Waals surface area contributed by atoms with Crippen LogP contribution in [0.2, 0.25) is 5.02 Å². The number of amides is 3. The van der Waals surface area contributed by atoms with E-state index in [1.165, 1.54) is 13.1 Å². The average molecular weight is 388 g/mol. The molecule has 0 unspecified atom stereocenters. The van der Waals surface area contributed by atoms with Crippen LogP contribution in [0.3, 0.4) is 0 Å². The number of fused-ring (bicyclic) bond motifs is 1. The third kappa shape index (κ3) is 3.74. The van der Waals surface area contributed by atoms with Crippen molar-refractivity contribution in [3.05, 3.63) is 64.2 Å². The molecule has 26 heavy (non-hydrogen) atoms. The lowest BCUT2D eigenvalue weighted by Crippen LogP contribution is -2.35. The second kappa shape index (κ2) is 7.23. The van der Waals surface area contributed by atoms with Crippen LogP contribution in [0.4, 0.5) is 5.69 Å². The first-order valence-electron chi connectivity index (χ1n) is 7.67. The molecule has 1 aliphatic heterocycles. The van der Waals surface area contributed by atoms with E-state index in [0.717, 1.165) is 10.5 Å². The number of rotatable bonds is 3. The van der Waals surface area contributed by atoms with Gasteiger partial charge in [0.15, 0.2) is 5.11 Å². The number of hydrogen-bond acceptors (Lipinski definition) is 4. The first-order chi connectivity index (χ1) is 12.3. The molecule has 0 aliphatic carbocycles. The summed E-state index contributed by atoms with van der Waals surface area (Å²) in [5, 5.41) is 6.12. The Morgan fingerprint density at radius 1 is 1.08 bits per heavy atom. The average Bonchev–Trinajstić information content (AvgIpc) is 2.81. The lowest BCUT2D eigenvalue weighted by molar-refractivity contribution is -0.119. The number of nitrogens with one attached hydrogen (secondary N) is 2. The molecule has 0 saturated heterocycles. The number of hydrogen-bond donors (Lipinski definition) is 2. The maximum Gasteiger partial charge on any atom is 0.261 e. The van der Waals surface area contributed by atoms with Crippen molar-refractivity contribution in [3.8, 4) is 0 Å². The third-order valence-corrected chi connectivity index (χ3v) is 4.33. The minimum Gasteiger partial charge on any atom is -0.332 e. The number of imide groups is 1. The molecule has 0 spiro atoms. The molecule has 2 aromatic carbocycles. The van der Waals surface area contributed by atoms with Gasteiger partial charge >= 0.3 is 0 Å². The molecule has 2 aromatic rings. The summed E-state index contributed by atoms with van der Waals surface area (Å²) in [5.74, 6) is -0.987. The zero-order chi connectivity index (χ0) is 18.8. The Kier molecular flexibility index (Phi) is 5.01. The van der Waals surface area contributed by atoms with Crippen LogP contribution in [0, 0.1) is 0 Å². The Balaban J connectivity index is 1.62. The molecule has 6 nitrogen and oxygen atoms in total. The van der Waals surface area contributed by atoms with Gasteiger partial charge in [0, 0.05) is 17.8 Å². The van der Waals surface area contributed by atoms with E-state index in [2.05, 4.69) is 10.6 Å². The van der Waals surface area contributed by atoms with E-state index in [1.807, 2.05) is 0 Å². The van der Waals surface area contributed by atoms with E-state index in [4.69, 9.17) is 23.8 Å². The van der Waals surface area contributed by atoms with Crippen molar-refractivity contribution in [2.45, 2.75) is 6.42 Å². The molecule has 2 N–H and O–H groups in total. The molecule has 3 rings (SSSR count). The van der Waals surface area contributed by atoms with Crippen molar-refractivity contribution in [2.24, 2.45) is 0 Å². The molecule has 0 radical (unpaired) electrons. The summed E-state index contributed by atoms with van der Waals surface area (Å²) in [7, 11) is 1.43. The quantitative estimate of drug-likeness (QED) is 0.625. The Morgan fingerprint density at radius 3 is 2.42 bits per heavy atom.